The lowest BCUT2D eigenvalue weighted by atomic mass is 9.78. The zero-order valence-corrected chi connectivity index (χ0v) is 8.17. The fraction of sp³-hybridized carbons (Fsp3) is 0.917. The van der Waals surface area contributed by atoms with Crippen LogP contribution in [0, 0.1) is 23.7 Å². The van der Waals surface area contributed by atoms with Crippen LogP contribution in [0.15, 0.2) is 0 Å². The molecule has 3 rings (SSSR count). The van der Waals surface area contributed by atoms with E-state index in [4.69, 9.17) is 0 Å². The molecule has 13 heavy (non-hydrogen) atoms. The molecule has 1 nitrogen and oxygen atoms in total. The molecule has 3 aliphatic rings. The summed E-state index contributed by atoms with van der Waals surface area (Å²) < 4.78 is 0. The molecule has 3 saturated carbocycles. The van der Waals surface area contributed by atoms with Crippen molar-refractivity contribution in [1.82, 2.24) is 0 Å². The van der Waals surface area contributed by atoms with E-state index in [1.165, 1.54) is 38.5 Å². The van der Waals surface area contributed by atoms with Crippen molar-refractivity contribution in [3.63, 3.8) is 0 Å². The van der Waals surface area contributed by atoms with Crippen LogP contribution in [-0.2, 0) is 4.79 Å². The number of fused-ring (bicyclic) bond motifs is 2. The van der Waals surface area contributed by atoms with E-state index in [0.29, 0.717) is 11.7 Å². The molecule has 72 valence electrons. The third-order valence-electron chi connectivity index (χ3n) is 4.66. The molecule has 0 aromatic rings. The van der Waals surface area contributed by atoms with Gasteiger partial charge in [0.2, 0.25) is 0 Å². The minimum atomic E-state index is 0.496. The fourth-order valence-corrected chi connectivity index (χ4v) is 4.08. The largest absolute Gasteiger partial charge is 0.299 e. The van der Waals surface area contributed by atoms with E-state index in [0.717, 1.165) is 24.2 Å². The predicted molar refractivity (Wildman–Crippen MR) is 51.3 cm³/mol. The highest BCUT2D eigenvalue weighted by Gasteiger charge is 2.45. The second-order valence-corrected chi connectivity index (χ2v) is 5.30. The second kappa shape index (κ2) is 2.83. The normalized spacial score (nSPS) is 49.1. The summed E-state index contributed by atoms with van der Waals surface area (Å²) in [6, 6.07) is 0. The number of ketones is 1. The van der Waals surface area contributed by atoms with E-state index in [9.17, 15) is 4.79 Å². The van der Waals surface area contributed by atoms with Crippen LogP contribution < -0.4 is 0 Å². The fourth-order valence-electron chi connectivity index (χ4n) is 4.08. The summed E-state index contributed by atoms with van der Waals surface area (Å²) in [5, 5.41) is 0. The van der Waals surface area contributed by atoms with Crippen LogP contribution in [-0.4, -0.2) is 5.78 Å². The smallest absolute Gasteiger partial charge is 0.136 e. The lowest BCUT2D eigenvalue weighted by Gasteiger charge is -2.26. The average Bonchev–Trinajstić information content (AvgIpc) is 2.77. The molecule has 1 heteroatoms. The van der Waals surface area contributed by atoms with E-state index in [1.807, 2.05) is 0 Å². The Bertz CT molecular complexity index is 233. The Hall–Kier alpha value is -0.330. The summed E-state index contributed by atoms with van der Waals surface area (Å²) in [6.07, 6.45) is 9.01. The SMILES string of the molecule is O=C1CCCC1C1CC2CCC1C2. The van der Waals surface area contributed by atoms with Crippen LogP contribution in [0.5, 0.6) is 0 Å². The third-order valence-corrected chi connectivity index (χ3v) is 4.66. The maximum Gasteiger partial charge on any atom is 0.136 e. The van der Waals surface area contributed by atoms with Gasteiger partial charge in [-0.15, -0.1) is 0 Å². The first-order chi connectivity index (χ1) is 6.34. The zero-order valence-electron chi connectivity index (χ0n) is 8.17. The van der Waals surface area contributed by atoms with Gasteiger partial charge in [0.05, 0.1) is 0 Å². The van der Waals surface area contributed by atoms with Crippen LogP contribution in [0.4, 0.5) is 0 Å². The van der Waals surface area contributed by atoms with E-state index in [-0.39, 0.29) is 0 Å². The number of carbonyl (C=O) groups is 1. The van der Waals surface area contributed by atoms with Gasteiger partial charge < -0.3 is 0 Å². The van der Waals surface area contributed by atoms with Crippen LogP contribution in [0.2, 0.25) is 0 Å². The van der Waals surface area contributed by atoms with Gasteiger partial charge >= 0.3 is 0 Å². The van der Waals surface area contributed by atoms with Crippen molar-refractivity contribution in [2.45, 2.75) is 44.9 Å². The number of hydrogen-bond acceptors (Lipinski definition) is 1. The van der Waals surface area contributed by atoms with E-state index < -0.39 is 0 Å². The molecule has 4 atom stereocenters. The van der Waals surface area contributed by atoms with Crippen molar-refractivity contribution in [3.05, 3.63) is 0 Å². The van der Waals surface area contributed by atoms with Crippen molar-refractivity contribution in [2.75, 3.05) is 0 Å². The van der Waals surface area contributed by atoms with E-state index in [2.05, 4.69) is 0 Å². The highest BCUT2D eigenvalue weighted by molar-refractivity contribution is 5.83. The molecule has 0 amide bonds. The van der Waals surface area contributed by atoms with Crippen molar-refractivity contribution >= 4 is 5.78 Å². The van der Waals surface area contributed by atoms with E-state index >= 15 is 0 Å². The quantitative estimate of drug-likeness (QED) is 0.603. The summed E-state index contributed by atoms with van der Waals surface area (Å²) in [5.74, 6) is 3.85. The number of Topliss-reactive ketones (excluding diaryl/α,β-unsaturated/α-hetero) is 1. The Balaban J connectivity index is 1.75. The van der Waals surface area contributed by atoms with Gasteiger partial charge in [-0.25, -0.2) is 0 Å². The summed E-state index contributed by atoms with van der Waals surface area (Å²) in [7, 11) is 0. The maximum atomic E-state index is 11.6. The van der Waals surface area contributed by atoms with E-state index in [1.54, 1.807) is 0 Å². The van der Waals surface area contributed by atoms with Crippen molar-refractivity contribution in [3.8, 4) is 0 Å². The average molecular weight is 178 g/mol. The summed E-state index contributed by atoms with van der Waals surface area (Å²) in [5.41, 5.74) is 0. The number of carbonyl (C=O) groups excluding carboxylic acids is 1. The molecule has 0 radical (unpaired) electrons. The van der Waals surface area contributed by atoms with Gasteiger partial charge in [0.15, 0.2) is 0 Å². The number of rotatable bonds is 1. The van der Waals surface area contributed by atoms with Gasteiger partial charge in [-0.1, -0.05) is 6.42 Å². The summed E-state index contributed by atoms with van der Waals surface area (Å²) >= 11 is 0. The van der Waals surface area contributed by atoms with Crippen LogP contribution in [0.1, 0.15) is 44.9 Å². The maximum absolute atomic E-state index is 11.6. The molecule has 0 heterocycles. The topological polar surface area (TPSA) is 17.1 Å². The molecular formula is C12H18O. The second-order valence-electron chi connectivity index (χ2n) is 5.30. The first-order valence-corrected chi connectivity index (χ1v) is 5.87. The molecule has 0 spiro atoms. The van der Waals surface area contributed by atoms with Gasteiger partial charge in [0, 0.05) is 12.3 Å². The molecule has 0 aromatic carbocycles. The molecule has 3 aliphatic carbocycles. The first-order valence-electron chi connectivity index (χ1n) is 5.87. The van der Waals surface area contributed by atoms with Gasteiger partial charge in [0.25, 0.3) is 0 Å². The van der Waals surface area contributed by atoms with Gasteiger partial charge in [-0.2, -0.15) is 0 Å². The lowest BCUT2D eigenvalue weighted by Crippen LogP contribution is -2.23. The molecule has 0 N–H and O–H groups in total. The van der Waals surface area contributed by atoms with Crippen LogP contribution in [0.25, 0.3) is 0 Å². The van der Waals surface area contributed by atoms with Gasteiger partial charge in [-0.05, 0) is 49.9 Å². The lowest BCUT2D eigenvalue weighted by molar-refractivity contribution is -0.122. The van der Waals surface area contributed by atoms with Crippen molar-refractivity contribution in [2.24, 2.45) is 23.7 Å². The van der Waals surface area contributed by atoms with Crippen molar-refractivity contribution in [1.29, 1.82) is 0 Å². The third kappa shape index (κ3) is 1.16. The Kier molecular flexibility index (Phi) is 1.75. The monoisotopic (exact) mass is 178 g/mol. The molecule has 4 unspecified atom stereocenters. The molecule has 0 aromatic heterocycles. The molecular weight excluding hydrogens is 160 g/mol. The summed E-state index contributed by atoms with van der Waals surface area (Å²) in [4.78, 5) is 11.6. The standard InChI is InChI=1S/C12H18O/c13-12-3-1-2-10(12)11-7-8-4-5-9(11)6-8/h8-11H,1-7H2. The Labute approximate surface area is 79.9 Å². The highest BCUT2D eigenvalue weighted by Crippen LogP contribution is 2.53. The molecule has 0 aliphatic heterocycles. The minimum Gasteiger partial charge on any atom is -0.299 e. The van der Waals surface area contributed by atoms with Crippen LogP contribution >= 0.6 is 0 Å². The predicted octanol–water partition coefficient (Wildman–Crippen LogP) is 2.79. The van der Waals surface area contributed by atoms with Crippen LogP contribution in [0.3, 0.4) is 0 Å². The first kappa shape index (κ1) is 8.02. The Morgan fingerprint density at radius 1 is 1.08 bits per heavy atom. The highest BCUT2D eigenvalue weighted by atomic mass is 16.1. The minimum absolute atomic E-state index is 0.496. The van der Waals surface area contributed by atoms with Crippen molar-refractivity contribution < 1.29 is 4.79 Å². The Morgan fingerprint density at radius 3 is 2.54 bits per heavy atom. The number of hydrogen-bond donors (Lipinski definition) is 0. The Morgan fingerprint density at radius 2 is 2.00 bits per heavy atom. The van der Waals surface area contributed by atoms with Gasteiger partial charge in [-0.3, -0.25) is 4.79 Å². The molecule has 3 fully saturated rings. The molecule has 0 saturated heterocycles. The molecule has 2 bridgehead atoms. The zero-order chi connectivity index (χ0) is 8.84. The summed E-state index contributed by atoms with van der Waals surface area (Å²) in [6.45, 7) is 0. The van der Waals surface area contributed by atoms with Gasteiger partial charge in [0.1, 0.15) is 5.78 Å².